The zero-order valence-corrected chi connectivity index (χ0v) is 32.0. The number of aromatic amines is 1. The fourth-order valence-corrected chi connectivity index (χ4v) is 9.36. The molecular weight excluding hydrogens is 690 g/mol. The van der Waals surface area contributed by atoms with Crippen molar-refractivity contribution in [1.82, 2.24) is 9.97 Å². The van der Waals surface area contributed by atoms with Gasteiger partial charge in [-0.3, -0.25) is 9.59 Å². The largest absolute Gasteiger partial charge is 0.504 e. The first kappa shape index (κ1) is 41.0. The maximum Gasteiger partial charge on any atom is 0.302 e. The number of carbonyl (C=O) groups is 2. The second-order valence-corrected chi connectivity index (χ2v) is 15.8. The smallest absolute Gasteiger partial charge is 0.302 e. The van der Waals surface area contributed by atoms with E-state index in [1.54, 1.807) is 30.5 Å². The van der Waals surface area contributed by atoms with Crippen LogP contribution in [-0.2, 0) is 31.9 Å². The number of pyridine rings is 1. The maximum atomic E-state index is 12.7. The Balaban J connectivity index is 1.43. The normalized spacial score (nSPS) is 25.3. The SMILES string of the molecule is CC(=O)O[C@H](CCc1cc(OCCO)c(O)cc1-c1ccnc(N)c1)C[C@@H](OC(C)=O)[C@@H]1C[C@@H](CO)[C@@H](O)[C@H]2C[C@@H](C1)[C@H](C(C)C)C[C@@H]2Cc1ccc[nH]1. The molecule has 3 aromatic rings. The van der Waals surface area contributed by atoms with Gasteiger partial charge in [0.2, 0.25) is 0 Å². The topological polar surface area (TPSA) is 197 Å². The van der Waals surface area contributed by atoms with Crippen LogP contribution in [0.15, 0.2) is 48.8 Å². The van der Waals surface area contributed by atoms with Crippen LogP contribution in [0.2, 0.25) is 0 Å². The molecule has 2 saturated carbocycles. The van der Waals surface area contributed by atoms with Crippen LogP contribution in [0.25, 0.3) is 11.1 Å². The van der Waals surface area contributed by atoms with E-state index in [-0.39, 0.29) is 61.4 Å². The number of aliphatic hydroxyl groups is 3. The van der Waals surface area contributed by atoms with Gasteiger partial charge in [0.1, 0.15) is 24.6 Å². The number of phenols is 1. The number of aromatic hydroxyl groups is 1. The number of aromatic nitrogens is 2. The van der Waals surface area contributed by atoms with Gasteiger partial charge >= 0.3 is 11.9 Å². The summed E-state index contributed by atoms with van der Waals surface area (Å²) < 4.78 is 17.6. The van der Waals surface area contributed by atoms with Crippen LogP contribution in [0.5, 0.6) is 11.5 Å². The maximum absolute atomic E-state index is 12.7. The van der Waals surface area contributed by atoms with Crippen LogP contribution in [0.4, 0.5) is 5.82 Å². The first-order chi connectivity index (χ1) is 25.9. The van der Waals surface area contributed by atoms with Crippen molar-refractivity contribution < 1.29 is 44.2 Å². The Labute approximate surface area is 318 Å². The molecule has 2 fully saturated rings. The number of fused-ring (bicyclic) bond motifs is 2. The number of carbonyl (C=O) groups excluding carboxylic acids is 2. The van der Waals surface area contributed by atoms with Gasteiger partial charge in [-0.05, 0) is 134 Å². The van der Waals surface area contributed by atoms with E-state index in [1.165, 1.54) is 13.8 Å². The summed E-state index contributed by atoms with van der Waals surface area (Å²) in [4.78, 5) is 32.7. The van der Waals surface area contributed by atoms with Crippen LogP contribution in [-0.4, -0.2) is 80.5 Å². The van der Waals surface area contributed by atoms with E-state index < -0.39 is 36.2 Å². The Morgan fingerprint density at radius 1 is 1.02 bits per heavy atom. The van der Waals surface area contributed by atoms with Gasteiger partial charge in [-0.15, -0.1) is 0 Å². The summed E-state index contributed by atoms with van der Waals surface area (Å²) in [5.41, 5.74) is 9.36. The lowest BCUT2D eigenvalue weighted by Crippen LogP contribution is -2.48. The van der Waals surface area contributed by atoms with Gasteiger partial charge in [0.15, 0.2) is 11.5 Å². The highest BCUT2D eigenvalue weighted by Crippen LogP contribution is 2.51. The summed E-state index contributed by atoms with van der Waals surface area (Å²) in [6, 6.07) is 10.9. The Morgan fingerprint density at radius 2 is 1.80 bits per heavy atom. The molecule has 2 bridgehead atoms. The van der Waals surface area contributed by atoms with Gasteiger partial charge in [-0.2, -0.15) is 0 Å². The van der Waals surface area contributed by atoms with Crippen molar-refractivity contribution >= 4 is 17.8 Å². The number of hydrogen-bond donors (Lipinski definition) is 6. The number of H-pyrrole nitrogens is 1. The van der Waals surface area contributed by atoms with Crippen LogP contribution in [0, 0.1) is 41.4 Å². The number of nitrogens with one attached hydrogen (secondary N) is 1. The number of nitrogen functional groups attached to an aromatic ring is 1. The van der Waals surface area contributed by atoms with Gasteiger partial charge in [-0.1, -0.05) is 13.8 Å². The lowest BCUT2D eigenvalue weighted by Gasteiger charge is -2.50. The van der Waals surface area contributed by atoms with E-state index in [9.17, 15) is 30.0 Å². The van der Waals surface area contributed by atoms with Crippen molar-refractivity contribution in [2.45, 2.75) is 97.4 Å². The zero-order chi connectivity index (χ0) is 38.9. The van der Waals surface area contributed by atoms with E-state index in [1.807, 2.05) is 12.3 Å². The van der Waals surface area contributed by atoms with Crippen LogP contribution >= 0.6 is 0 Å². The molecule has 9 atom stereocenters. The van der Waals surface area contributed by atoms with Crippen LogP contribution in [0.1, 0.15) is 77.5 Å². The van der Waals surface area contributed by atoms with Gasteiger partial charge in [0.05, 0.1) is 12.7 Å². The number of nitrogens with two attached hydrogens (primary N) is 1. The third-order valence-electron chi connectivity index (χ3n) is 11.8. The number of esters is 2. The van der Waals surface area contributed by atoms with Crippen molar-refractivity contribution in [3.8, 4) is 22.6 Å². The molecule has 12 nitrogen and oxygen atoms in total. The number of ether oxygens (including phenoxy) is 3. The lowest BCUT2D eigenvalue weighted by molar-refractivity contribution is -0.158. The number of benzene rings is 1. The minimum absolute atomic E-state index is 0.00749. The molecule has 7 N–H and O–H groups in total. The molecule has 0 aliphatic heterocycles. The second kappa shape index (κ2) is 19.0. The number of phenolic OH excluding ortho intramolecular Hbond substituents is 1. The van der Waals surface area contributed by atoms with E-state index in [2.05, 4.69) is 29.9 Å². The standard InChI is InChI=1S/C42H59N3O9/c1-24(2)35-17-30(16-33-6-5-10-44-33)37-18-29(35)14-31(15-32(23-47)42(37)51)39(54-26(4)49)21-34(53-25(3)48)8-7-27-19-40(52-13-12-46)38(50)22-36(27)28-9-11-45-41(43)20-28/h5-6,9-11,19-20,22,24,29-32,34-35,37,39,42,44,46-47,50-51H,7-8,12-18,21,23H2,1-4H3,(H2,43,45)/t29-,30+,31+,32+,34-,35+,37+,39-,42-/m1/s1. The molecule has 2 aliphatic carbocycles. The Hall–Kier alpha value is -4.13. The predicted molar refractivity (Wildman–Crippen MR) is 204 cm³/mol. The number of rotatable bonds is 16. The van der Waals surface area contributed by atoms with Crippen molar-refractivity contribution in [1.29, 1.82) is 0 Å². The highest BCUT2D eigenvalue weighted by Gasteiger charge is 2.47. The first-order valence-corrected chi connectivity index (χ1v) is 19.4. The van der Waals surface area contributed by atoms with E-state index in [0.29, 0.717) is 42.5 Å². The molecule has 12 heteroatoms. The van der Waals surface area contributed by atoms with E-state index in [4.69, 9.17) is 19.9 Å². The molecule has 5 rings (SSSR count). The summed E-state index contributed by atoms with van der Waals surface area (Å²) in [5, 5.41) is 42.8. The Kier molecular flexibility index (Phi) is 14.4. The predicted octanol–water partition coefficient (Wildman–Crippen LogP) is 5.46. The zero-order valence-electron chi connectivity index (χ0n) is 32.0. The molecule has 54 heavy (non-hydrogen) atoms. The van der Waals surface area contributed by atoms with E-state index >= 15 is 0 Å². The van der Waals surface area contributed by atoms with Gasteiger partial charge in [0, 0.05) is 50.9 Å². The fourth-order valence-electron chi connectivity index (χ4n) is 9.36. The highest BCUT2D eigenvalue weighted by molar-refractivity contribution is 5.72. The minimum Gasteiger partial charge on any atom is -0.504 e. The lowest BCUT2D eigenvalue weighted by atomic mass is 9.57. The van der Waals surface area contributed by atoms with Gasteiger partial charge in [-0.25, -0.2) is 4.98 Å². The number of hydrogen-bond acceptors (Lipinski definition) is 11. The molecule has 0 amide bonds. The second-order valence-electron chi connectivity index (χ2n) is 15.8. The molecule has 0 spiro atoms. The molecule has 2 heterocycles. The van der Waals surface area contributed by atoms with Gasteiger partial charge < -0.3 is 45.4 Å². The quantitative estimate of drug-likeness (QED) is 0.102. The molecule has 2 aromatic heterocycles. The van der Waals surface area contributed by atoms with Crippen molar-refractivity contribution in [2.75, 3.05) is 25.6 Å². The third-order valence-corrected chi connectivity index (χ3v) is 11.8. The molecule has 2 aliphatic rings. The minimum atomic E-state index is -0.715. The van der Waals surface area contributed by atoms with Crippen molar-refractivity contribution in [2.24, 2.45) is 41.4 Å². The molecule has 0 radical (unpaired) electrons. The first-order valence-electron chi connectivity index (χ1n) is 19.4. The van der Waals surface area contributed by atoms with Crippen LogP contribution < -0.4 is 10.5 Å². The number of aliphatic hydroxyl groups excluding tert-OH is 3. The molecule has 0 saturated heterocycles. The fraction of sp³-hybridized carbons (Fsp3) is 0.595. The monoisotopic (exact) mass is 749 g/mol. The molecule has 296 valence electrons. The summed E-state index contributed by atoms with van der Waals surface area (Å²) >= 11 is 0. The molecule has 0 unspecified atom stereocenters. The number of anilines is 1. The summed E-state index contributed by atoms with van der Waals surface area (Å²) in [6.07, 6.45) is 6.37. The molecular formula is C42H59N3O9. The summed E-state index contributed by atoms with van der Waals surface area (Å²) in [7, 11) is 0. The summed E-state index contributed by atoms with van der Waals surface area (Å²) in [6.45, 7) is 6.83. The van der Waals surface area contributed by atoms with Crippen molar-refractivity contribution in [3.05, 3.63) is 60.0 Å². The number of aryl methyl sites for hydroxylation is 1. The highest BCUT2D eigenvalue weighted by atomic mass is 16.6. The molecule has 1 aromatic carbocycles. The van der Waals surface area contributed by atoms with Crippen molar-refractivity contribution in [3.63, 3.8) is 0 Å². The average molecular weight is 750 g/mol. The Bertz CT molecular complexity index is 1660. The number of nitrogens with zero attached hydrogens (tertiary/aromatic N) is 1. The Morgan fingerprint density at radius 3 is 2.44 bits per heavy atom. The van der Waals surface area contributed by atoms with E-state index in [0.717, 1.165) is 42.5 Å². The van der Waals surface area contributed by atoms with Gasteiger partial charge in [0.25, 0.3) is 0 Å². The third kappa shape index (κ3) is 10.5. The average Bonchev–Trinajstić information content (AvgIpc) is 3.63. The van der Waals surface area contributed by atoms with Crippen LogP contribution in [0.3, 0.4) is 0 Å². The summed E-state index contributed by atoms with van der Waals surface area (Å²) in [5.74, 6) is 0.315.